The molecule has 1 aromatic rings. The van der Waals surface area contributed by atoms with E-state index in [1.807, 2.05) is 0 Å². The number of hydrogen-bond donors (Lipinski definition) is 2. The van der Waals surface area contributed by atoms with Crippen molar-refractivity contribution in [3.63, 3.8) is 0 Å². The fourth-order valence-electron chi connectivity index (χ4n) is 0.955. The van der Waals surface area contributed by atoms with E-state index in [-0.39, 0.29) is 16.4 Å². The smallest absolute Gasteiger partial charge is 0.339 e. The topological polar surface area (TPSA) is 97.5 Å². The van der Waals surface area contributed by atoms with E-state index in [0.29, 0.717) is 0 Å². The number of nitrogens with zero attached hydrogens (tertiary/aromatic N) is 1. The van der Waals surface area contributed by atoms with Crippen LogP contribution >= 0.6 is 11.8 Å². The Morgan fingerprint density at radius 2 is 2.31 bits per heavy atom. The van der Waals surface area contributed by atoms with E-state index in [9.17, 15) is 9.59 Å². The molecule has 0 atom stereocenters. The van der Waals surface area contributed by atoms with Crippen molar-refractivity contribution < 1.29 is 9.53 Å². The fraction of sp³-hybridized carbons (Fsp3) is 0.222. The molecule has 0 aliphatic heterocycles. The molecule has 7 heteroatoms. The molecule has 0 fully saturated rings. The summed E-state index contributed by atoms with van der Waals surface area (Å²) in [7, 11) is 1.26. The molecule has 1 rings (SSSR count). The molecule has 0 unspecified atom stereocenters. The van der Waals surface area contributed by atoms with Crippen LogP contribution in [0.4, 0.5) is 5.69 Å². The third-order valence-corrected chi connectivity index (χ3v) is 2.25. The van der Waals surface area contributed by atoms with Crippen molar-refractivity contribution in [2.24, 2.45) is 10.7 Å². The third-order valence-electron chi connectivity index (χ3n) is 1.74. The van der Waals surface area contributed by atoms with Crippen LogP contribution in [-0.2, 0) is 4.74 Å². The lowest BCUT2D eigenvalue weighted by molar-refractivity contribution is 0.0600. The summed E-state index contributed by atoms with van der Waals surface area (Å²) in [5, 5.41) is 0.243. The number of nitrogens with one attached hydrogen (secondary N) is 1. The predicted octanol–water partition coefficient (Wildman–Crippen LogP) is 0.471. The van der Waals surface area contributed by atoms with E-state index >= 15 is 0 Å². The standard InChI is InChI=1S/C9H11N3O3S/c1-15-8(14)5-3-6(7(13)11-4-5)12-9(10)16-2/h3-4H,1-2H3,(H2,10,12)(H,11,13). The Bertz CT molecular complexity index is 481. The number of aromatic amines is 1. The average molecular weight is 241 g/mol. The fourth-order valence-corrected chi connectivity index (χ4v) is 1.14. The molecule has 1 heterocycles. The van der Waals surface area contributed by atoms with Gasteiger partial charge in [-0.15, -0.1) is 0 Å². The molecule has 0 aromatic carbocycles. The second-order valence-electron chi connectivity index (χ2n) is 2.75. The lowest BCUT2D eigenvalue weighted by Gasteiger charge is -2.00. The molecule has 1 aromatic heterocycles. The lowest BCUT2D eigenvalue weighted by Crippen LogP contribution is -2.12. The maximum atomic E-state index is 11.4. The van der Waals surface area contributed by atoms with Crippen LogP contribution in [0.2, 0.25) is 0 Å². The van der Waals surface area contributed by atoms with Crippen LogP contribution in [0.3, 0.4) is 0 Å². The van der Waals surface area contributed by atoms with Gasteiger partial charge in [0.05, 0.1) is 12.7 Å². The van der Waals surface area contributed by atoms with Crippen LogP contribution in [0.25, 0.3) is 0 Å². The van der Waals surface area contributed by atoms with Gasteiger partial charge >= 0.3 is 5.97 Å². The summed E-state index contributed by atoms with van der Waals surface area (Å²) in [6.45, 7) is 0. The van der Waals surface area contributed by atoms with Gasteiger partial charge in [-0.1, -0.05) is 11.8 Å². The van der Waals surface area contributed by atoms with Crippen LogP contribution in [0.15, 0.2) is 22.1 Å². The Morgan fingerprint density at radius 1 is 1.62 bits per heavy atom. The van der Waals surface area contributed by atoms with Crippen molar-refractivity contribution in [2.75, 3.05) is 13.4 Å². The van der Waals surface area contributed by atoms with Crippen LogP contribution in [0, 0.1) is 0 Å². The number of thioether (sulfide) groups is 1. The Morgan fingerprint density at radius 3 is 2.88 bits per heavy atom. The van der Waals surface area contributed by atoms with Gasteiger partial charge in [0.25, 0.3) is 5.56 Å². The SMILES string of the molecule is COC(=O)c1c[nH]c(=O)c(N=C(N)SC)c1. The number of amidine groups is 1. The van der Waals surface area contributed by atoms with Crippen LogP contribution in [0.1, 0.15) is 10.4 Å². The second-order valence-corrected chi connectivity index (χ2v) is 3.57. The van der Waals surface area contributed by atoms with E-state index < -0.39 is 11.5 Å². The largest absolute Gasteiger partial charge is 0.465 e. The van der Waals surface area contributed by atoms with Crippen molar-refractivity contribution in [1.82, 2.24) is 4.98 Å². The zero-order chi connectivity index (χ0) is 12.1. The van der Waals surface area contributed by atoms with Gasteiger partial charge in [-0.05, 0) is 12.3 Å². The lowest BCUT2D eigenvalue weighted by atomic mass is 10.2. The summed E-state index contributed by atoms with van der Waals surface area (Å²) in [6, 6.07) is 1.33. The summed E-state index contributed by atoms with van der Waals surface area (Å²) in [4.78, 5) is 28.8. The number of esters is 1. The minimum absolute atomic E-state index is 0.0785. The number of hydrogen-bond acceptors (Lipinski definition) is 5. The molecule has 6 nitrogen and oxygen atoms in total. The Hall–Kier alpha value is -1.76. The molecule has 0 spiro atoms. The maximum Gasteiger partial charge on any atom is 0.339 e. The van der Waals surface area contributed by atoms with Crippen LogP contribution < -0.4 is 11.3 Å². The van der Waals surface area contributed by atoms with Crippen molar-refractivity contribution in [2.45, 2.75) is 0 Å². The summed E-state index contributed by atoms with van der Waals surface area (Å²) >= 11 is 1.21. The van der Waals surface area contributed by atoms with E-state index in [0.717, 1.165) is 0 Å². The highest BCUT2D eigenvalue weighted by Crippen LogP contribution is 2.09. The molecular weight excluding hydrogens is 230 g/mol. The van der Waals surface area contributed by atoms with Crippen LogP contribution in [-0.4, -0.2) is 29.5 Å². The van der Waals surface area contributed by atoms with Gasteiger partial charge in [0.15, 0.2) is 5.17 Å². The molecule has 0 bridgehead atoms. The number of pyridine rings is 1. The highest BCUT2D eigenvalue weighted by Gasteiger charge is 2.08. The van der Waals surface area contributed by atoms with Crippen LogP contribution in [0.5, 0.6) is 0 Å². The predicted molar refractivity (Wildman–Crippen MR) is 63.2 cm³/mol. The van der Waals surface area contributed by atoms with E-state index in [1.165, 1.54) is 31.1 Å². The first-order chi connectivity index (χ1) is 7.58. The number of ether oxygens (including phenoxy) is 1. The number of carbonyl (C=O) groups is 1. The van der Waals surface area contributed by atoms with Gasteiger partial charge in [0.2, 0.25) is 0 Å². The minimum Gasteiger partial charge on any atom is -0.465 e. The summed E-state index contributed by atoms with van der Waals surface area (Å²) in [6.07, 6.45) is 3.00. The highest BCUT2D eigenvalue weighted by molar-refractivity contribution is 8.13. The Balaban J connectivity index is 3.19. The molecular formula is C9H11N3O3S. The third kappa shape index (κ3) is 2.86. The quantitative estimate of drug-likeness (QED) is 0.445. The first kappa shape index (κ1) is 12.3. The van der Waals surface area contributed by atoms with Gasteiger partial charge in [0.1, 0.15) is 5.69 Å². The zero-order valence-corrected chi connectivity index (χ0v) is 9.63. The number of aromatic nitrogens is 1. The van der Waals surface area contributed by atoms with Gasteiger partial charge in [-0.2, -0.15) is 0 Å². The molecule has 0 aliphatic rings. The molecule has 0 amide bonds. The molecule has 0 saturated heterocycles. The molecule has 86 valence electrons. The van der Waals surface area contributed by atoms with Gasteiger partial charge < -0.3 is 15.5 Å². The van der Waals surface area contributed by atoms with Crippen molar-refractivity contribution in [1.29, 1.82) is 0 Å². The summed E-state index contributed by atoms with van der Waals surface area (Å²) in [5.74, 6) is -0.546. The van der Waals surface area contributed by atoms with Crippen molar-refractivity contribution >= 4 is 28.6 Å². The van der Waals surface area contributed by atoms with Crippen molar-refractivity contribution in [3.05, 3.63) is 28.2 Å². The number of carbonyl (C=O) groups excluding carboxylic acids is 1. The second kappa shape index (κ2) is 5.36. The summed E-state index contributed by atoms with van der Waals surface area (Å²) in [5.41, 5.74) is 5.36. The minimum atomic E-state index is -0.546. The summed E-state index contributed by atoms with van der Waals surface area (Å²) < 4.78 is 4.52. The maximum absolute atomic E-state index is 11.4. The van der Waals surface area contributed by atoms with E-state index in [4.69, 9.17) is 5.73 Å². The first-order valence-electron chi connectivity index (χ1n) is 4.27. The molecule has 0 saturated carbocycles. The Kier molecular flexibility index (Phi) is 4.12. The highest BCUT2D eigenvalue weighted by atomic mass is 32.2. The van der Waals surface area contributed by atoms with Gasteiger partial charge in [-0.25, -0.2) is 9.79 Å². The van der Waals surface area contributed by atoms with Gasteiger partial charge in [0, 0.05) is 6.20 Å². The normalized spacial score (nSPS) is 11.2. The molecule has 0 radical (unpaired) electrons. The van der Waals surface area contributed by atoms with Gasteiger partial charge in [-0.3, -0.25) is 4.79 Å². The number of aliphatic imine (C=N–C) groups is 1. The molecule has 16 heavy (non-hydrogen) atoms. The molecule has 3 N–H and O–H groups in total. The number of nitrogens with two attached hydrogens (primary N) is 1. The monoisotopic (exact) mass is 241 g/mol. The van der Waals surface area contributed by atoms with E-state index in [1.54, 1.807) is 6.26 Å². The first-order valence-corrected chi connectivity index (χ1v) is 5.50. The number of methoxy groups -OCH3 is 1. The average Bonchev–Trinajstić information content (AvgIpc) is 2.30. The number of H-pyrrole nitrogens is 1. The molecule has 0 aliphatic carbocycles. The zero-order valence-electron chi connectivity index (χ0n) is 8.81. The van der Waals surface area contributed by atoms with Crippen molar-refractivity contribution in [3.8, 4) is 0 Å². The number of rotatable bonds is 2. The Labute approximate surface area is 95.9 Å². The van der Waals surface area contributed by atoms with E-state index in [2.05, 4.69) is 14.7 Å².